The fraction of sp³-hybridized carbons (Fsp3) is 0.467. The molecule has 0 saturated carbocycles. The van der Waals surface area contributed by atoms with Gasteiger partial charge < -0.3 is 10.1 Å². The Bertz CT molecular complexity index is 463. The van der Waals surface area contributed by atoms with Crippen molar-refractivity contribution in [3.8, 4) is 0 Å². The number of amides is 1. The van der Waals surface area contributed by atoms with E-state index in [9.17, 15) is 9.59 Å². The minimum absolute atomic E-state index is 0.0157. The molecule has 0 saturated heterocycles. The summed E-state index contributed by atoms with van der Waals surface area (Å²) in [6.45, 7) is 6.70. The average Bonchev–Trinajstić information content (AvgIpc) is 2.41. The van der Waals surface area contributed by atoms with Crippen LogP contribution in [0, 0.1) is 0 Å². The van der Waals surface area contributed by atoms with E-state index in [4.69, 9.17) is 0 Å². The van der Waals surface area contributed by atoms with E-state index >= 15 is 0 Å². The van der Waals surface area contributed by atoms with Crippen LogP contribution in [0.4, 0.5) is 0 Å². The van der Waals surface area contributed by atoms with Gasteiger partial charge in [0.15, 0.2) is 0 Å². The highest BCUT2D eigenvalue weighted by molar-refractivity contribution is 8.01. The lowest BCUT2D eigenvalue weighted by Crippen LogP contribution is -2.26. The molecule has 5 heteroatoms. The zero-order valence-electron chi connectivity index (χ0n) is 12.4. The Balaban J connectivity index is 2.42. The molecule has 1 rings (SSSR count). The van der Waals surface area contributed by atoms with Gasteiger partial charge in [0.25, 0.3) is 0 Å². The van der Waals surface area contributed by atoms with Crippen LogP contribution in [-0.4, -0.2) is 29.5 Å². The first-order valence-electron chi connectivity index (χ1n) is 6.40. The largest absolute Gasteiger partial charge is 0.465 e. The Labute approximate surface area is 124 Å². The van der Waals surface area contributed by atoms with Crippen molar-refractivity contribution in [1.82, 2.24) is 5.32 Å². The Kier molecular flexibility index (Phi) is 6.07. The van der Waals surface area contributed by atoms with Crippen LogP contribution >= 0.6 is 11.8 Å². The zero-order chi connectivity index (χ0) is 15.2. The number of thioether (sulfide) groups is 1. The molecular weight excluding hydrogens is 274 g/mol. The lowest BCUT2D eigenvalue weighted by molar-refractivity contribution is -0.118. The van der Waals surface area contributed by atoms with E-state index in [2.05, 4.69) is 30.8 Å². The first-order chi connectivity index (χ1) is 9.31. The SMILES string of the molecule is COC(=O)c1ccc(CNC(=O)CSC(C)(C)C)cc1. The summed E-state index contributed by atoms with van der Waals surface area (Å²) in [7, 11) is 1.35. The van der Waals surface area contributed by atoms with Gasteiger partial charge in [-0.3, -0.25) is 4.79 Å². The van der Waals surface area contributed by atoms with Crippen LogP contribution in [-0.2, 0) is 16.1 Å². The van der Waals surface area contributed by atoms with Crippen LogP contribution in [0.2, 0.25) is 0 Å². The summed E-state index contributed by atoms with van der Waals surface area (Å²) in [5.41, 5.74) is 1.46. The first kappa shape index (κ1) is 16.6. The maximum atomic E-state index is 11.7. The van der Waals surface area contributed by atoms with E-state index in [0.717, 1.165) is 5.56 Å². The molecule has 110 valence electrons. The van der Waals surface area contributed by atoms with Crippen molar-refractivity contribution in [2.45, 2.75) is 32.1 Å². The lowest BCUT2D eigenvalue weighted by atomic mass is 10.1. The fourth-order valence-corrected chi connectivity index (χ4v) is 2.08. The van der Waals surface area contributed by atoms with Gasteiger partial charge in [0, 0.05) is 11.3 Å². The summed E-state index contributed by atoms with van der Waals surface area (Å²) in [4.78, 5) is 23.0. The first-order valence-corrected chi connectivity index (χ1v) is 7.38. The molecule has 0 spiro atoms. The molecule has 1 N–H and O–H groups in total. The summed E-state index contributed by atoms with van der Waals surface area (Å²) in [6.07, 6.45) is 0. The number of hydrogen-bond acceptors (Lipinski definition) is 4. The summed E-state index contributed by atoms with van der Waals surface area (Å²) < 4.78 is 4.71. The van der Waals surface area contributed by atoms with E-state index in [1.807, 2.05) is 12.1 Å². The highest BCUT2D eigenvalue weighted by Gasteiger charge is 2.13. The van der Waals surface area contributed by atoms with Crippen LogP contribution in [0.25, 0.3) is 0 Å². The number of rotatable bonds is 5. The third-order valence-electron chi connectivity index (χ3n) is 2.50. The molecule has 1 aromatic rings. The van der Waals surface area contributed by atoms with Gasteiger partial charge in [0.2, 0.25) is 5.91 Å². The Morgan fingerprint density at radius 3 is 2.30 bits per heavy atom. The van der Waals surface area contributed by atoms with Crippen molar-refractivity contribution in [3.05, 3.63) is 35.4 Å². The second kappa shape index (κ2) is 7.33. The van der Waals surface area contributed by atoms with Gasteiger partial charge in [0.1, 0.15) is 0 Å². The Morgan fingerprint density at radius 1 is 1.20 bits per heavy atom. The van der Waals surface area contributed by atoms with Crippen molar-refractivity contribution in [3.63, 3.8) is 0 Å². The zero-order valence-corrected chi connectivity index (χ0v) is 13.2. The molecule has 0 radical (unpaired) electrons. The quantitative estimate of drug-likeness (QED) is 0.848. The number of carbonyl (C=O) groups excluding carboxylic acids is 2. The van der Waals surface area contributed by atoms with Crippen molar-refractivity contribution >= 4 is 23.6 Å². The van der Waals surface area contributed by atoms with Crippen LogP contribution in [0.3, 0.4) is 0 Å². The molecule has 0 bridgehead atoms. The maximum Gasteiger partial charge on any atom is 0.337 e. The third-order valence-corrected chi connectivity index (χ3v) is 3.77. The van der Waals surface area contributed by atoms with E-state index in [-0.39, 0.29) is 16.6 Å². The summed E-state index contributed by atoms with van der Waals surface area (Å²) in [5.74, 6) is 0.105. The predicted molar refractivity (Wildman–Crippen MR) is 81.8 cm³/mol. The van der Waals surface area contributed by atoms with Crippen LogP contribution in [0.5, 0.6) is 0 Å². The minimum Gasteiger partial charge on any atom is -0.465 e. The van der Waals surface area contributed by atoms with Gasteiger partial charge in [-0.15, -0.1) is 11.8 Å². The molecule has 1 aromatic carbocycles. The predicted octanol–water partition coefficient (Wildman–Crippen LogP) is 2.62. The molecule has 0 aliphatic rings. The van der Waals surface area contributed by atoms with Crippen molar-refractivity contribution in [1.29, 1.82) is 0 Å². The number of benzene rings is 1. The van der Waals surface area contributed by atoms with Crippen molar-refractivity contribution < 1.29 is 14.3 Å². The standard InChI is InChI=1S/C15H21NO3S/c1-15(2,3)20-10-13(17)16-9-11-5-7-12(8-6-11)14(18)19-4/h5-8H,9-10H2,1-4H3,(H,16,17). The van der Waals surface area contributed by atoms with Gasteiger partial charge in [-0.05, 0) is 17.7 Å². The molecule has 0 aromatic heterocycles. The molecule has 0 fully saturated rings. The molecule has 1 amide bonds. The van der Waals surface area contributed by atoms with Crippen molar-refractivity contribution in [2.75, 3.05) is 12.9 Å². The Morgan fingerprint density at radius 2 is 1.80 bits per heavy atom. The normalized spacial score (nSPS) is 11.0. The van der Waals surface area contributed by atoms with Gasteiger partial charge in [0.05, 0.1) is 18.4 Å². The number of esters is 1. The van der Waals surface area contributed by atoms with Gasteiger partial charge >= 0.3 is 5.97 Å². The minimum atomic E-state index is -0.359. The molecule has 0 aliphatic carbocycles. The molecule has 0 aliphatic heterocycles. The van der Waals surface area contributed by atoms with E-state index in [1.165, 1.54) is 7.11 Å². The third kappa shape index (κ3) is 6.10. The van der Waals surface area contributed by atoms with Crippen molar-refractivity contribution in [2.24, 2.45) is 0 Å². The number of hydrogen-bond donors (Lipinski definition) is 1. The van der Waals surface area contributed by atoms with Gasteiger partial charge in [-0.2, -0.15) is 0 Å². The topological polar surface area (TPSA) is 55.4 Å². The maximum absolute atomic E-state index is 11.7. The molecule has 20 heavy (non-hydrogen) atoms. The summed E-state index contributed by atoms with van der Waals surface area (Å²) in [5, 5.41) is 2.86. The van der Waals surface area contributed by atoms with E-state index in [0.29, 0.717) is 17.9 Å². The molecular formula is C15H21NO3S. The smallest absolute Gasteiger partial charge is 0.337 e. The van der Waals surface area contributed by atoms with E-state index < -0.39 is 0 Å². The second-order valence-corrected chi connectivity index (χ2v) is 7.17. The second-order valence-electron chi connectivity index (χ2n) is 5.37. The lowest BCUT2D eigenvalue weighted by Gasteiger charge is -2.17. The number of ether oxygens (including phenoxy) is 1. The van der Waals surface area contributed by atoms with Crippen LogP contribution < -0.4 is 5.32 Å². The molecule has 0 unspecified atom stereocenters. The number of nitrogens with one attached hydrogen (secondary N) is 1. The molecule has 0 atom stereocenters. The summed E-state index contributed by atoms with van der Waals surface area (Å²) in [6, 6.07) is 7.00. The average molecular weight is 295 g/mol. The van der Waals surface area contributed by atoms with Gasteiger partial charge in [-0.1, -0.05) is 32.9 Å². The van der Waals surface area contributed by atoms with Crippen LogP contribution in [0.15, 0.2) is 24.3 Å². The highest BCUT2D eigenvalue weighted by Crippen LogP contribution is 2.22. The number of carbonyl (C=O) groups is 2. The molecule has 4 nitrogen and oxygen atoms in total. The highest BCUT2D eigenvalue weighted by atomic mass is 32.2. The monoisotopic (exact) mass is 295 g/mol. The molecule has 0 heterocycles. The Hall–Kier alpha value is -1.49. The summed E-state index contributed by atoms with van der Waals surface area (Å²) >= 11 is 1.61. The van der Waals surface area contributed by atoms with E-state index in [1.54, 1.807) is 23.9 Å². The van der Waals surface area contributed by atoms with Gasteiger partial charge in [-0.25, -0.2) is 4.79 Å². The van der Waals surface area contributed by atoms with Crippen LogP contribution in [0.1, 0.15) is 36.7 Å². The number of methoxy groups -OCH3 is 1. The fourth-order valence-electron chi connectivity index (χ4n) is 1.41.